The summed E-state index contributed by atoms with van der Waals surface area (Å²) in [7, 11) is -7.55. The molecule has 0 radical (unpaired) electrons. The van der Waals surface area contributed by atoms with Gasteiger partial charge in [0.1, 0.15) is 18.8 Å². The monoisotopic (exact) mass is 1240 g/mol. The Morgan fingerprint density at radius 1 is 0.395 bits per heavy atom. The predicted octanol–water partition coefficient (Wildman–Crippen LogP) is 19.9. The van der Waals surface area contributed by atoms with E-state index in [0.29, 0.717) is 106 Å². The molecule has 0 saturated carbocycles. The third kappa shape index (κ3) is 48.8. The summed E-state index contributed by atoms with van der Waals surface area (Å²) < 4.78 is 66.9. The molecular weight excluding hydrogens is 1090 g/mol. The van der Waals surface area contributed by atoms with Crippen LogP contribution in [-0.2, 0) is 62.5 Å². The van der Waals surface area contributed by atoms with E-state index < -0.39 is 33.3 Å². The van der Waals surface area contributed by atoms with Crippen LogP contribution >= 0.6 is 0 Å². The summed E-state index contributed by atoms with van der Waals surface area (Å²) >= 11 is 0. The van der Waals surface area contributed by atoms with Gasteiger partial charge in [-0.05, 0) is 83.7 Å². The molecule has 1 atom stereocenters. The number of hydrogen-bond acceptors (Lipinski definition) is 13. The second kappa shape index (κ2) is 54.4. The predicted molar refractivity (Wildman–Crippen MR) is 377 cm³/mol. The van der Waals surface area contributed by atoms with Crippen LogP contribution in [-0.4, -0.2) is 157 Å². The highest BCUT2D eigenvalue weighted by atomic mass is 28.4. The van der Waals surface area contributed by atoms with Gasteiger partial charge >= 0.3 is 0 Å². The molecular formula is C64H153NO12Si4. The molecule has 0 N–H and O–H groups in total. The van der Waals surface area contributed by atoms with Crippen LogP contribution in [0.5, 0.6) is 0 Å². The lowest BCUT2D eigenvalue weighted by Gasteiger charge is -2.36. The number of benzene rings is 1. The van der Waals surface area contributed by atoms with Gasteiger partial charge < -0.3 is 46.4 Å². The summed E-state index contributed by atoms with van der Waals surface area (Å²) in [6.45, 7) is 58.5. The SMILES string of the molecule is C.C.C.C.C.C.C.C.C.C.C.C.C=C.CC(C)(C)[Si](C)(C)OCCOCC(COCCO[Si](C)(C)C(C)(C)C)OCCOCc1ccc(C=NCCOCCOC(COCCO[Si](C)(C)C(C)(C)C)COO[Si](C)(C)C(C)(C)C)cc1. The van der Waals surface area contributed by atoms with E-state index in [4.69, 9.17) is 55.9 Å². The Balaban J connectivity index is -0.000000297. The fourth-order valence-corrected chi connectivity index (χ4v) is 8.55. The lowest BCUT2D eigenvalue weighted by Crippen LogP contribution is -2.42. The molecule has 17 heteroatoms. The maximum Gasteiger partial charge on any atom is 0.238 e. The van der Waals surface area contributed by atoms with Crippen LogP contribution in [0.4, 0.5) is 0 Å². The van der Waals surface area contributed by atoms with Crippen molar-refractivity contribution in [3.63, 3.8) is 0 Å². The summed E-state index contributed by atoms with van der Waals surface area (Å²) in [6.07, 6.45) is 1.35. The zero-order valence-corrected chi connectivity index (χ0v) is 51.8. The van der Waals surface area contributed by atoms with Crippen LogP contribution in [0.2, 0.25) is 72.5 Å². The van der Waals surface area contributed by atoms with E-state index in [2.05, 4.69) is 166 Å². The Bertz CT molecular complexity index is 1460. The Hall–Kier alpha value is -0.982. The number of aliphatic imine (C=N–C) groups is 1. The quantitative estimate of drug-likeness (QED) is 0.0159. The molecule has 0 amide bonds. The molecule has 0 aliphatic heterocycles. The van der Waals surface area contributed by atoms with Gasteiger partial charge in [-0.3, -0.25) is 9.57 Å². The molecule has 502 valence electrons. The van der Waals surface area contributed by atoms with Crippen molar-refractivity contribution in [2.45, 2.75) is 264 Å². The number of ether oxygens (including phenoxy) is 7. The molecule has 13 nitrogen and oxygen atoms in total. The smallest absolute Gasteiger partial charge is 0.238 e. The van der Waals surface area contributed by atoms with Crippen LogP contribution in [0.3, 0.4) is 0 Å². The zero-order valence-electron chi connectivity index (χ0n) is 47.8. The Labute approximate surface area is 515 Å². The summed E-state index contributed by atoms with van der Waals surface area (Å²) in [6, 6.07) is 8.20. The van der Waals surface area contributed by atoms with E-state index in [1.54, 1.807) is 0 Å². The lowest BCUT2D eigenvalue weighted by atomic mass is 10.1. The highest BCUT2D eigenvalue weighted by Gasteiger charge is 2.40. The van der Waals surface area contributed by atoms with E-state index in [0.717, 1.165) is 11.1 Å². The molecule has 1 aromatic rings. The van der Waals surface area contributed by atoms with Gasteiger partial charge in [-0.15, -0.1) is 13.2 Å². The van der Waals surface area contributed by atoms with Crippen molar-refractivity contribution in [1.82, 2.24) is 0 Å². The Morgan fingerprint density at radius 3 is 1.04 bits per heavy atom. The lowest BCUT2D eigenvalue weighted by molar-refractivity contribution is -0.245. The molecule has 0 heterocycles. The molecule has 0 aliphatic carbocycles. The maximum absolute atomic E-state index is 6.29. The second-order valence-electron chi connectivity index (χ2n) is 23.6. The average Bonchev–Trinajstić information content (AvgIpc) is 3.23. The van der Waals surface area contributed by atoms with Crippen LogP contribution in [0.25, 0.3) is 0 Å². The highest BCUT2D eigenvalue weighted by Crippen LogP contribution is 2.39. The first-order chi connectivity index (χ1) is 31.8. The average molecular weight is 1240 g/mol. The van der Waals surface area contributed by atoms with Gasteiger partial charge in [0.15, 0.2) is 25.0 Å². The molecule has 1 aromatic carbocycles. The van der Waals surface area contributed by atoms with Crippen molar-refractivity contribution >= 4 is 39.5 Å². The topological polar surface area (TPSA) is 123 Å². The molecule has 1 unspecified atom stereocenters. The van der Waals surface area contributed by atoms with Gasteiger partial charge in [0, 0.05) is 6.21 Å². The fraction of sp³-hybridized carbons (Fsp3) is 0.859. The molecule has 0 bridgehead atoms. The second-order valence-corrected chi connectivity index (χ2v) is 42.7. The maximum atomic E-state index is 6.29. The molecule has 0 spiro atoms. The molecule has 0 aliphatic rings. The van der Waals surface area contributed by atoms with Crippen molar-refractivity contribution < 1.29 is 55.9 Å². The number of rotatable bonds is 36. The van der Waals surface area contributed by atoms with E-state index in [-0.39, 0.29) is 128 Å². The van der Waals surface area contributed by atoms with Crippen LogP contribution in [0.15, 0.2) is 42.4 Å². The van der Waals surface area contributed by atoms with E-state index >= 15 is 0 Å². The van der Waals surface area contributed by atoms with E-state index in [1.165, 1.54) is 0 Å². The van der Waals surface area contributed by atoms with Crippen LogP contribution in [0.1, 0.15) is 183 Å². The normalized spacial score (nSPS) is 12.1. The van der Waals surface area contributed by atoms with E-state index in [9.17, 15) is 0 Å². The van der Waals surface area contributed by atoms with Gasteiger partial charge in [0.2, 0.25) is 8.32 Å². The molecule has 0 aromatic heterocycles. The van der Waals surface area contributed by atoms with Crippen molar-refractivity contribution in [3.8, 4) is 0 Å². The minimum absolute atomic E-state index is 0. The Kier molecular flexibility index (Phi) is 74.7. The molecule has 1 rings (SSSR count). The summed E-state index contributed by atoms with van der Waals surface area (Å²) in [5, 5.41) is 0.508. The molecule has 0 saturated heterocycles. The Morgan fingerprint density at radius 2 is 0.704 bits per heavy atom. The summed E-state index contributed by atoms with van der Waals surface area (Å²) in [4.78, 5) is 10.3. The van der Waals surface area contributed by atoms with Crippen molar-refractivity contribution in [1.29, 1.82) is 0 Å². The van der Waals surface area contributed by atoms with Crippen molar-refractivity contribution in [2.75, 3.05) is 106 Å². The van der Waals surface area contributed by atoms with Gasteiger partial charge in [0.25, 0.3) is 0 Å². The number of nitrogens with zero attached hydrogens (tertiary/aromatic N) is 1. The summed E-state index contributed by atoms with van der Waals surface area (Å²) in [5.41, 5.74) is 2.09. The highest BCUT2D eigenvalue weighted by molar-refractivity contribution is 6.75. The largest absolute Gasteiger partial charge is 0.414 e. The van der Waals surface area contributed by atoms with Gasteiger partial charge in [-0.2, -0.15) is 0 Å². The number of hydrogen-bond donors (Lipinski definition) is 0. The van der Waals surface area contributed by atoms with Crippen LogP contribution < -0.4 is 0 Å². The van der Waals surface area contributed by atoms with Crippen molar-refractivity contribution in [2.24, 2.45) is 4.99 Å². The molecule has 81 heavy (non-hydrogen) atoms. The first-order valence-electron chi connectivity index (χ1n) is 25.2. The minimum atomic E-state index is -2.07. The molecule has 0 fully saturated rings. The zero-order chi connectivity index (χ0) is 53.1. The first kappa shape index (κ1) is 111. The van der Waals surface area contributed by atoms with Gasteiger partial charge in [-0.1, -0.05) is 196 Å². The van der Waals surface area contributed by atoms with Gasteiger partial charge in [0.05, 0.1) is 106 Å². The van der Waals surface area contributed by atoms with E-state index in [1.807, 2.05) is 18.3 Å². The van der Waals surface area contributed by atoms with Crippen molar-refractivity contribution in [3.05, 3.63) is 48.6 Å². The standard InChI is InChI=1S/C50H101NO12Si4.C2H4.12CH4/c1-47(2,3)64(13,14)60-34-29-54-39-45(40-55-30-35-61-65(15,16)48(4,5)6)57-33-28-53-38-44-23-21-43(22-24-44)37-51-25-26-52-27-32-58-46(42-59-63-67(19,20)50(10,11)12)41-56-31-36-62-66(17,18)49(7,8)9;1-2;;;;;;;;;;;;/h21-24,37,45-46H,25-36,38-42H2,1-20H3;1-2H2;12*1H4. The third-order valence-electron chi connectivity index (χ3n) is 13.7. The summed E-state index contributed by atoms with van der Waals surface area (Å²) in [5.74, 6) is 0. The van der Waals surface area contributed by atoms with Gasteiger partial charge in [-0.25, -0.2) is 4.89 Å². The van der Waals surface area contributed by atoms with Crippen LogP contribution in [0, 0.1) is 0 Å². The minimum Gasteiger partial charge on any atom is -0.414 e. The third-order valence-corrected chi connectivity index (χ3v) is 31.5. The fourth-order valence-electron chi connectivity index (χ4n) is 4.86. The first-order valence-corrected chi connectivity index (χ1v) is 36.9.